The van der Waals surface area contributed by atoms with Gasteiger partial charge >= 0.3 is 0 Å². The summed E-state index contributed by atoms with van der Waals surface area (Å²) in [5.41, 5.74) is 1.37. The van der Waals surface area contributed by atoms with Crippen molar-refractivity contribution in [2.24, 2.45) is 0 Å². The lowest BCUT2D eigenvalue weighted by molar-refractivity contribution is 0.155. The molecule has 1 aromatic rings. The van der Waals surface area contributed by atoms with Crippen molar-refractivity contribution < 1.29 is 4.74 Å². The molecule has 1 N–H and O–H groups in total. The van der Waals surface area contributed by atoms with Crippen molar-refractivity contribution in [3.8, 4) is 5.75 Å². The van der Waals surface area contributed by atoms with Crippen LogP contribution in [0.2, 0.25) is 0 Å². The molecule has 1 aliphatic carbocycles. The second-order valence-electron chi connectivity index (χ2n) is 5.86. The molecule has 0 bridgehead atoms. The quantitative estimate of drug-likeness (QED) is 0.768. The molecule has 20 heavy (non-hydrogen) atoms. The monoisotopic (exact) mass is 275 g/mol. The highest BCUT2D eigenvalue weighted by Crippen LogP contribution is 2.25. The highest BCUT2D eigenvalue weighted by Gasteiger charge is 2.15. The zero-order valence-electron chi connectivity index (χ0n) is 13.0. The van der Waals surface area contributed by atoms with E-state index in [1.165, 1.54) is 44.1 Å². The molecule has 1 atom stereocenters. The number of hydrogen-bond acceptors (Lipinski definition) is 2. The van der Waals surface area contributed by atoms with E-state index in [9.17, 15) is 0 Å². The maximum atomic E-state index is 6.08. The van der Waals surface area contributed by atoms with Crippen LogP contribution in [-0.2, 0) is 0 Å². The zero-order valence-corrected chi connectivity index (χ0v) is 13.0. The standard InChI is InChI=1S/C18H29NO/c1-3-14-19-18(4-2)15-10-12-17(13-11-15)20-16-8-6-5-7-9-16/h10-13,16,18-19H,3-9,14H2,1-2H3. The van der Waals surface area contributed by atoms with Gasteiger partial charge in [0, 0.05) is 6.04 Å². The van der Waals surface area contributed by atoms with Gasteiger partial charge in [0.25, 0.3) is 0 Å². The predicted molar refractivity (Wildman–Crippen MR) is 85.3 cm³/mol. The second-order valence-corrected chi connectivity index (χ2v) is 5.86. The Kier molecular flexibility index (Phi) is 6.38. The van der Waals surface area contributed by atoms with Gasteiger partial charge in [0.15, 0.2) is 0 Å². The van der Waals surface area contributed by atoms with Gasteiger partial charge in [-0.15, -0.1) is 0 Å². The van der Waals surface area contributed by atoms with E-state index in [0.717, 1.165) is 18.7 Å². The molecule has 112 valence electrons. The molecule has 1 aromatic carbocycles. The van der Waals surface area contributed by atoms with E-state index in [4.69, 9.17) is 4.74 Å². The molecule has 1 fully saturated rings. The molecule has 0 saturated heterocycles. The van der Waals surface area contributed by atoms with Gasteiger partial charge in [0.05, 0.1) is 6.10 Å². The molecular weight excluding hydrogens is 246 g/mol. The third kappa shape index (κ3) is 4.52. The normalized spacial score (nSPS) is 17.9. The highest BCUT2D eigenvalue weighted by atomic mass is 16.5. The molecule has 0 heterocycles. The first-order valence-electron chi connectivity index (χ1n) is 8.33. The van der Waals surface area contributed by atoms with Crippen LogP contribution in [0, 0.1) is 0 Å². The van der Waals surface area contributed by atoms with Gasteiger partial charge in [-0.3, -0.25) is 0 Å². The molecule has 2 rings (SSSR count). The lowest BCUT2D eigenvalue weighted by Crippen LogP contribution is -2.21. The summed E-state index contributed by atoms with van der Waals surface area (Å²) in [6.07, 6.45) is 9.20. The van der Waals surface area contributed by atoms with Gasteiger partial charge < -0.3 is 10.1 Å². The average Bonchev–Trinajstić information content (AvgIpc) is 2.50. The summed E-state index contributed by atoms with van der Waals surface area (Å²) in [6.45, 7) is 5.53. The van der Waals surface area contributed by atoms with E-state index in [2.05, 4.69) is 43.4 Å². The van der Waals surface area contributed by atoms with Crippen LogP contribution in [0.4, 0.5) is 0 Å². The van der Waals surface area contributed by atoms with Crippen LogP contribution in [0.3, 0.4) is 0 Å². The topological polar surface area (TPSA) is 21.3 Å². The predicted octanol–water partition coefficient (Wildman–Crippen LogP) is 4.85. The Hall–Kier alpha value is -1.02. The van der Waals surface area contributed by atoms with Gasteiger partial charge in [0.2, 0.25) is 0 Å². The summed E-state index contributed by atoms with van der Waals surface area (Å²) in [5, 5.41) is 3.60. The Balaban J connectivity index is 1.90. The van der Waals surface area contributed by atoms with E-state index in [1.54, 1.807) is 0 Å². The SMILES string of the molecule is CCCNC(CC)c1ccc(OC2CCCCC2)cc1. The minimum Gasteiger partial charge on any atom is -0.490 e. The van der Waals surface area contributed by atoms with Crippen LogP contribution in [0.1, 0.15) is 70.4 Å². The Morgan fingerprint density at radius 3 is 2.40 bits per heavy atom. The number of rotatable bonds is 7. The second kappa shape index (κ2) is 8.31. The fourth-order valence-electron chi connectivity index (χ4n) is 2.97. The number of benzene rings is 1. The van der Waals surface area contributed by atoms with Crippen molar-refractivity contribution in [3.63, 3.8) is 0 Å². The number of hydrogen-bond donors (Lipinski definition) is 1. The van der Waals surface area contributed by atoms with Crippen molar-refractivity contribution in [1.29, 1.82) is 0 Å². The van der Waals surface area contributed by atoms with E-state index < -0.39 is 0 Å². The third-order valence-corrected chi connectivity index (χ3v) is 4.19. The molecule has 0 spiro atoms. The van der Waals surface area contributed by atoms with Crippen molar-refractivity contribution in [2.45, 2.75) is 70.9 Å². The summed E-state index contributed by atoms with van der Waals surface area (Å²) < 4.78 is 6.08. The first-order valence-corrected chi connectivity index (χ1v) is 8.33. The molecule has 0 aliphatic heterocycles. The van der Waals surface area contributed by atoms with Crippen LogP contribution in [0.5, 0.6) is 5.75 Å². The first kappa shape index (κ1) is 15.4. The minimum atomic E-state index is 0.440. The van der Waals surface area contributed by atoms with Gasteiger partial charge in [-0.1, -0.05) is 32.4 Å². The lowest BCUT2D eigenvalue weighted by atomic mass is 9.98. The van der Waals surface area contributed by atoms with Crippen molar-refractivity contribution >= 4 is 0 Å². The summed E-state index contributed by atoms with van der Waals surface area (Å²) in [4.78, 5) is 0. The zero-order chi connectivity index (χ0) is 14.2. The Morgan fingerprint density at radius 1 is 1.10 bits per heavy atom. The van der Waals surface area contributed by atoms with Crippen LogP contribution in [-0.4, -0.2) is 12.6 Å². The fraction of sp³-hybridized carbons (Fsp3) is 0.667. The molecule has 1 aliphatic rings. The summed E-state index contributed by atoms with van der Waals surface area (Å²) in [6, 6.07) is 9.18. The van der Waals surface area contributed by atoms with Crippen LogP contribution < -0.4 is 10.1 Å². The maximum Gasteiger partial charge on any atom is 0.119 e. The molecule has 0 radical (unpaired) electrons. The smallest absolute Gasteiger partial charge is 0.119 e. The molecule has 2 nitrogen and oxygen atoms in total. The van der Waals surface area contributed by atoms with E-state index in [0.29, 0.717) is 12.1 Å². The lowest BCUT2D eigenvalue weighted by Gasteiger charge is -2.23. The molecule has 0 amide bonds. The van der Waals surface area contributed by atoms with Crippen LogP contribution in [0.25, 0.3) is 0 Å². The highest BCUT2D eigenvalue weighted by molar-refractivity contribution is 5.29. The van der Waals surface area contributed by atoms with Gasteiger partial charge in [-0.2, -0.15) is 0 Å². The first-order chi connectivity index (χ1) is 9.83. The van der Waals surface area contributed by atoms with Crippen molar-refractivity contribution in [1.82, 2.24) is 5.32 Å². The van der Waals surface area contributed by atoms with Crippen LogP contribution in [0.15, 0.2) is 24.3 Å². The van der Waals surface area contributed by atoms with Crippen LogP contribution >= 0.6 is 0 Å². The summed E-state index contributed by atoms with van der Waals surface area (Å²) in [5.74, 6) is 1.03. The molecular formula is C18H29NO. The summed E-state index contributed by atoms with van der Waals surface area (Å²) in [7, 11) is 0. The molecule has 0 aromatic heterocycles. The van der Waals surface area contributed by atoms with Crippen molar-refractivity contribution in [3.05, 3.63) is 29.8 Å². The molecule has 1 saturated carbocycles. The Bertz CT molecular complexity index is 368. The van der Waals surface area contributed by atoms with Gasteiger partial charge in [-0.05, 0) is 62.8 Å². The van der Waals surface area contributed by atoms with E-state index in [-0.39, 0.29) is 0 Å². The van der Waals surface area contributed by atoms with E-state index in [1.807, 2.05) is 0 Å². The summed E-state index contributed by atoms with van der Waals surface area (Å²) >= 11 is 0. The fourth-order valence-corrected chi connectivity index (χ4v) is 2.97. The number of ether oxygens (including phenoxy) is 1. The maximum absolute atomic E-state index is 6.08. The average molecular weight is 275 g/mol. The minimum absolute atomic E-state index is 0.440. The van der Waals surface area contributed by atoms with Gasteiger partial charge in [0.1, 0.15) is 5.75 Å². The molecule has 2 heteroatoms. The largest absolute Gasteiger partial charge is 0.490 e. The van der Waals surface area contributed by atoms with Gasteiger partial charge in [-0.25, -0.2) is 0 Å². The third-order valence-electron chi connectivity index (χ3n) is 4.19. The number of nitrogens with one attached hydrogen (secondary N) is 1. The van der Waals surface area contributed by atoms with Crippen molar-refractivity contribution in [2.75, 3.05) is 6.54 Å². The Morgan fingerprint density at radius 2 is 1.80 bits per heavy atom. The van der Waals surface area contributed by atoms with E-state index >= 15 is 0 Å². The molecule has 1 unspecified atom stereocenters. The Labute approximate surface area is 123 Å².